The van der Waals surface area contributed by atoms with Crippen molar-refractivity contribution in [1.29, 1.82) is 0 Å². The summed E-state index contributed by atoms with van der Waals surface area (Å²) in [6.07, 6.45) is 1.53. The summed E-state index contributed by atoms with van der Waals surface area (Å²) in [6.45, 7) is 1.46. The lowest BCUT2D eigenvalue weighted by atomic mass is 10.1. The highest BCUT2D eigenvalue weighted by atomic mass is 16.4. The molecule has 0 saturated heterocycles. The Bertz CT molecular complexity index is 824. The fraction of sp³-hybridized carbons (Fsp3) is 0.278. The summed E-state index contributed by atoms with van der Waals surface area (Å²) in [4.78, 5) is 40.3. The van der Waals surface area contributed by atoms with E-state index >= 15 is 0 Å². The van der Waals surface area contributed by atoms with E-state index < -0.39 is 23.5 Å². The van der Waals surface area contributed by atoms with Crippen molar-refractivity contribution in [3.05, 3.63) is 58.4 Å². The van der Waals surface area contributed by atoms with E-state index in [1.165, 1.54) is 17.9 Å². The van der Waals surface area contributed by atoms with Gasteiger partial charge in [0.05, 0.1) is 0 Å². The lowest BCUT2D eigenvalue weighted by Gasteiger charge is -2.26. The summed E-state index contributed by atoms with van der Waals surface area (Å²) >= 11 is 0. The van der Waals surface area contributed by atoms with Crippen LogP contribution < -0.4 is 5.56 Å². The third kappa shape index (κ3) is 3.08. The van der Waals surface area contributed by atoms with Gasteiger partial charge in [0.2, 0.25) is 0 Å². The van der Waals surface area contributed by atoms with Gasteiger partial charge < -0.3 is 15.0 Å². The molecule has 1 amide bonds. The summed E-state index contributed by atoms with van der Waals surface area (Å²) in [7, 11) is 0. The fourth-order valence-corrected chi connectivity index (χ4v) is 2.70. The van der Waals surface area contributed by atoms with Gasteiger partial charge >= 0.3 is 5.97 Å². The first kappa shape index (κ1) is 16.0. The molecule has 1 heterocycles. The Morgan fingerprint density at radius 2 is 1.83 bits per heavy atom. The second-order valence-electron chi connectivity index (χ2n) is 5.94. The van der Waals surface area contributed by atoms with E-state index in [9.17, 15) is 19.5 Å². The summed E-state index contributed by atoms with van der Waals surface area (Å²) in [6, 6.07) is 11.4. The number of carbonyl (C=O) groups excluding carboxylic acids is 1. The normalized spacial score (nSPS) is 14.9. The zero-order valence-corrected chi connectivity index (χ0v) is 13.2. The molecule has 6 nitrogen and oxygen atoms in total. The van der Waals surface area contributed by atoms with E-state index in [0.29, 0.717) is 5.69 Å². The Labute approximate surface area is 138 Å². The number of aromatic amines is 1. The van der Waals surface area contributed by atoms with Crippen molar-refractivity contribution in [1.82, 2.24) is 9.88 Å². The Morgan fingerprint density at radius 3 is 2.38 bits per heavy atom. The number of benzene rings is 1. The van der Waals surface area contributed by atoms with Crippen LogP contribution in [0.3, 0.4) is 0 Å². The number of hydrogen-bond donors (Lipinski definition) is 2. The second kappa shape index (κ2) is 6.31. The van der Waals surface area contributed by atoms with Crippen LogP contribution >= 0.6 is 0 Å². The van der Waals surface area contributed by atoms with E-state index in [1.54, 1.807) is 6.07 Å². The molecule has 0 aliphatic heterocycles. The van der Waals surface area contributed by atoms with Crippen molar-refractivity contribution in [3.63, 3.8) is 0 Å². The number of H-pyrrole nitrogens is 1. The van der Waals surface area contributed by atoms with Gasteiger partial charge in [0, 0.05) is 11.7 Å². The van der Waals surface area contributed by atoms with Crippen LogP contribution in [0.5, 0.6) is 0 Å². The van der Waals surface area contributed by atoms with Gasteiger partial charge in [0.15, 0.2) is 0 Å². The largest absolute Gasteiger partial charge is 0.480 e. The molecule has 1 aromatic heterocycles. The first-order chi connectivity index (χ1) is 11.5. The van der Waals surface area contributed by atoms with Crippen LogP contribution in [-0.2, 0) is 4.79 Å². The average Bonchev–Trinajstić information content (AvgIpc) is 3.40. The van der Waals surface area contributed by atoms with Crippen LogP contribution in [0, 0.1) is 0 Å². The van der Waals surface area contributed by atoms with Gasteiger partial charge in [-0.1, -0.05) is 30.3 Å². The van der Waals surface area contributed by atoms with E-state index in [1.807, 2.05) is 30.3 Å². The van der Waals surface area contributed by atoms with Crippen molar-refractivity contribution in [2.75, 3.05) is 0 Å². The zero-order valence-electron chi connectivity index (χ0n) is 13.2. The molecule has 0 bridgehead atoms. The summed E-state index contributed by atoms with van der Waals surface area (Å²) < 4.78 is 0. The number of nitrogens with one attached hydrogen (secondary N) is 1. The van der Waals surface area contributed by atoms with Crippen LogP contribution in [-0.4, -0.2) is 39.0 Å². The highest BCUT2D eigenvalue weighted by molar-refractivity contribution is 5.96. The molecule has 2 aromatic rings. The van der Waals surface area contributed by atoms with Crippen molar-refractivity contribution in [3.8, 4) is 11.3 Å². The Balaban J connectivity index is 1.93. The molecule has 24 heavy (non-hydrogen) atoms. The van der Waals surface area contributed by atoms with E-state index in [0.717, 1.165) is 18.4 Å². The first-order valence-corrected chi connectivity index (χ1v) is 7.83. The third-order valence-electron chi connectivity index (χ3n) is 4.17. The van der Waals surface area contributed by atoms with Crippen molar-refractivity contribution >= 4 is 11.9 Å². The quantitative estimate of drug-likeness (QED) is 0.880. The molecule has 0 spiro atoms. The number of carboxylic acids is 1. The van der Waals surface area contributed by atoms with Crippen LogP contribution in [0.15, 0.2) is 47.3 Å². The molecule has 1 fully saturated rings. The van der Waals surface area contributed by atoms with Crippen molar-refractivity contribution in [2.24, 2.45) is 0 Å². The number of rotatable bonds is 5. The molecule has 0 radical (unpaired) electrons. The standard InChI is InChI=1S/C18H18N2O4/c1-11(18(23)24)20(13-7-8-13)17(22)14-9-10-15(19-16(14)21)12-5-3-2-4-6-12/h2-6,9-11,13H,7-8H2,1H3,(H,19,21)(H,23,24). The fourth-order valence-electron chi connectivity index (χ4n) is 2.70. The Hall–Kier alpha value is -2.89. The lowest BCUT2D eigenvalue weighted by Crippen LogP contribution is -2.46. The molecule has 1 saturated carbocycles. The number of carboxylic acid groups (broad SMARTS) is 1. The number of pyridine rings is 1. The van der Waals surface area contributed by atoms with Crippen LogP contribution in [0.4, 0.5) is 0 Å². The van der Waals surface area contributed by atoms with E-state index in [4.69, 9.17) is 0 Å². The summed E-state index contributed by atoms with van der Waals surface area (Å²) in [5.41, 5.74) is 0.909. The molecular formula is C18H18N2O4. The maximum Gasteiger partial charge on any atom is 0.326 e. The first-order valence-electron chi connectivity index (χ1n) is 7.83. The van der Waals surface area contributed by atoms with Crippen LogP contribution in [0.25, 0.3) is 11.3 Å². The smallest absolute Gasteiger partial charge is 0.326 e. The van der Waals surface area contributed by atoms with Gasteiger partial charge in [-0.25, -0.2) is 4.79 Å². The van der Waals surface area contributed by atoms with E-state index in [2.05, 4.69) is 4.98 Å². The molecule has 1 aromatic carbocycles. The number of nitrogens with zero attached hydrogens (tertiary/aromatic N) is 1. The molecule has 6 heteroatoms. The van der Waals surface area contributed by atoms with Gasteiger partial charge in [-0.15, -0.1) is 0 Å². The number of aliphatic carboxylic acids is 1. The zero-order chi connectivity index (χ0) is 17.3. The second-order valence-corrected chi connectivity index (χ2v) is 5.94. The molecule has 1 aliphatic rings. The van der Waals surface area contributed by atoms with Gasteiger partial charge in [0.1, 0.15) is 11.6 Å². The predicted molar refractivity (Wildman–Crippen MR) is 88.8 cm³/mol. The molecule has 1 unspecified atom stereocenters. The van der Waals surface area contributed by atoms with Crippen LogP contribution in [0.1, 0.15) is 30.1 Å². The van der Waals surface area contributed by atoms with Gasteiger partial charge in [-0.2, -0.15) is 0 Å². The Morgan fingerprint density at radius 1 is 1.17 bits per heavy atom. The summed E-state index contributed by atoms with van der Waals surface area (Å²) in [5.74, 6) is -1.61. The average molecular weight is 326 g/mol. The van der Waals surface area contributed by atoms with Crippen molar-refractivity contribution < 1.29 is 14.7 Å². The van der Waals surface area contributed by atoms with Gasteiger partial charge in [0.25, 0.3) is 11.5 Å². The lowest BCUT2D eigenvalue weighted by molar-refractivity contribution is -0.141. The predicted octanol–water partition coefficient (Wildman–Crippen LogP) is 2.12. The van der Waals surface area contributed by atoms with Crippen LogP contribution in [0.2, 0.25) is 0 Å². The van der Waals surface area contributed by atoms with Gasteiger partial charge in [-0.3, -0.25) is 9.59 Å². The highest BCUT2D eigenvalue weighted by Crippen LogP contribution is 2.30. The minimum atomic E-state index is -1.08. The Kier molecular flexibility index (Phi) is 4.20. The highest BCUT2D eigenvalue weighted by Gasteiger charge is 2.39. The van der Waals surface area contributed by atoms with Crippen molar-refractivity contribution in [2.45, 2.75) is 31.8 Å². The number of hydrogen-bond acceptors (Lipinski definition) is 3. The molecule has 124 valence electrons. The molecule has 3 rings (SSSR count). The maximum absolute atomic E-state index is 12.7. The molecule has 1 atom stereocenters. The molecule has 2 N–H and O–H groups in total. The van der Waals surface area contributed by atoms with Gasteiger partial charge in [-0.05, 0) is 37.5 Å². The summed E-state index contributed by atoms with van der Waals surface area (Å²) in [5, 5.41) is 9.21. The molecular weight excluding hydrogens is 308 g/mol. The number of amides is 1. The molecule has 1 aliphatic carbocycles. The topological polar surface area (TPSA) is 90.5 Å². The minimum absolute atomic E-state index is 0.0327. The maximum atomic E-state index is 12.7. The van der Waals surface area contributed by atoms with E-state index in [-0.39, 0.29) is 11.6 Å². The monoisotopic (exact) mass is 326 g/mol. The minimum Gasteiger partial charge on any atom is -0.480 e. The SMILES string of the molecule is CC(C(=O)O)N(C(=O)c1ccc(-c2ccccc2)[nH]c1=O)C1CC1. The number of carbonyl (C=O) groups is 2. The number of aromatic nitrogens is 1. The third-order valence-corrected chi connectivity index (χ3v) is 4.17.